The van der Waals surface area contributed by atoms with Crippen molar-refractivity contribution in [3.63, 3.8) is 0 Å². The molecule has 0 aliphatic rings. The van der Waals surface area contributed by atoms with Gasteiger partial charge in [0.15, 0.2) is 0 Å². The third-order valence-electron chi connectivity index (χ3n) is 7.63. The van der Waals surface area contributed by atoms with Gasteiger partial charge in [-0.1, -0.05) is 154 Å². The average molecular weight is 600 g/mol. The molecule has 0 aliphatic carbocycles. The summed E-state index contributed by atoms with van der Waals surface area (Å²) in [5, 5.41) is 13.1. The molecule has 0 aliphatic heterocycles. The number of hydrogen-bond acceptors (Lipinski definition) is 4. The SMILES string of the molecule is CCCCCCCC/C=C/CC/C=C/C(O)C(CS(=O)(=O)O)NC(=O)CCCCCCCCCCCCCCCC. The molecule has 2 unspecified atom stereocenters. The molecule has 0 aromatic rings. The molecule has 0 fully saturated rings. The Morgan fingerprint density at radius 2 is 1.05 bits per heavy atom. The Morgan fingerprint density at radius 1 is 0.634 bits per heavy atom. The molecule has 0 spiro atoms. The lowest BCUT2D eigenvalue weighted by atomic mass is 10.0. The van der Waals surface area contributed by atoms with Gasteiger partial charge in [0.2, 0.25) is 5.91 Å². The van der Waals surface area contributed by atoms with Gasteiger partial charge in [0.05, 0.1) is 17.9 Å². The van der Waals surface area contributed by atoms with Crippen LogP contribution >= 0.6 is 0 Å². The van der Waals surface area contributed by atoms with Crippen LogP contribution in [0.2, 0.25) is 0 Å². The van der Waals surface area contributed by atoms with Gasteiger partial charge >= 0.3 is 0 Å². The van der Waals surface area contributed by atoms with Gasteiger partial charge in [0.1, 0.15) is 0 Å². The van der Waals surface area contributed by atoms with Crippen LogP contribution in [0.4, 0.5) is 0 Å². The van der Waals surface area contributed by atoms with Crippen molar-refractivity contribution in [3.8, 4) is 0 Å². The van der Waals surface area contributed by atoms with E-state index in [9.17, 15) is 22.9 Å². The first kappa shape index (κ1) is 39.8. The smallest absolute Gasteiger partial charge is 0.267 e. The number of nitrogens with one attached hydrogen (secondary N) is 1. The quantitative estimate of drug-likeness (QED) is 0.0434. The summed E-state index contributed by atoms with van der Waals surface area (Å²) in [7, 11) is -4.34. The second-order valence-electron chi connectivity index (χ2n) is 11.8. The van der Waals surface area contributed by atoms with Crippen LogP contribution in [-0.4, -0.2) is 41.9 Å². The lowest BCUT2D eigenvalue weighted by Crippen LogP contribution is -2.46. The fraction of sp³-hybridized carbons (Fsp3) is 0.853. The van der Waals surface area contributed by atoms with Crippen LogP contribution in [0.1, 0.15) is 168 Å². The van der Waals surface area contributed by atoms with E-state index in [4.69, 9.17) is 0 Å². The van der Waals surface area contributed by atoms with Crippen molar-refractivity contribution in [2.24, 2.45) is 0 Å². The maximum absolute atomic E-state index is 12.4. The average Bonchev–Trinajstić information content (AvgIpc) is 2.92. The van der Waals surface area contributed by atoms with Crippen LogP contribution in [0.5, 0.6) is 0 Å². The van der Waals surface area contributed by atoms with E-state index in [0.29, 0.717) is 6.42 Å². The van der Waals surface area contributed by atoms with Crippen molar-refractivity contribution < 1.29 is 22.9 Å². The van der Waals surface area contributed by atoms with Gasteiger partial charge in [-0.25, -0.2) is 0 Å². The summed E-state index contributed by atoms with van der Waals surface area (Å²) >= 11 is 0. The van der Waals surface area contributed by atoms with E-state index in [1.807, 2.05) is 0 Å². The van der Waals surface area contributed by atoms with E-state index in [2.05, 4.69) is 31.3 Å². The molecule has 0 heterocycles. The van der Waals surface area contributed by atoms with Crippen LogP contribution in [-0.2, 0) is 14.9 Å². The number of aliphatic hydroxyl groups is 1. The molecule has 1 amide bonds. The highest BCUT2D eigenvalue weighted by molar-refractivity contribution is 7.85. The number of allylic oxidation sites excluding steroid dienone is 3. The summed E-state index contributed by atoms with van der Waals surface area (Å²) in [4.78, 5) is 12.4. The number of rotatable bonds is 30. The van der Waals surface area contributed by atoms with E-state index in [1.54, 1.807) is 6.08 Å². The zero-order valence-electron chi connectivity index (χ0n) is 26.7. The number of hydrogen-bond donors (Lipinski definition) is 3. The lowest BCUT2D eigenvalue weighted by Gasteiger charge is -2.21. The fourth-order valence-corrected chi connectivity index (χ4v) is 5.79. The second kappa shape index (κ2) is 28.9. The molecule has 0 saturated heterocycles. The Morgan fingerprint density at radius 3 is 1.54 bits per heavy atom. The Hall–Kier alpha value is -1.18. The largest absolute Gasteiger partial charge is 0.387 e. The molecule has 0 bridgehead atoms. The first-order valence-corrected chi connectivity index (χ1v) is 18.6. The number of unbranched alkanes of at least 4 members (excludes halogenated alkanes) is 20. The molecule has 242 valence electrons. The van der Waals surface area contributed by atoms with Crippen LogP contribution in [0.15, 0.2) is 24.3 Å². The van der Waals surface area contributed by atoms with Crippen molar-refractivity contribution in [3.05, 3.63) is 24.3 Å². The predicted octanol–water partition coefficient (Wildman–Crippen LogP) is 9.23. The highest BCUT2D eigenvalue weighted by Gasteiger charge is 2.24. The first-order valence-electron chi connectivity index (χ1n) is 17.0. The molecule has 7 heteroatoms. The Labute approximate surface area is 254 Å². The van der Waals surface area contributed by atoms with Crippen molar-refractivity contribution in [1.29, 1.82) is 0 Å². The molecule has 0 saturated carbocycles. The lowest BCUT2D eigenvalue weighted by molar-refractivity contribution is -0.122. The zero-order valence-corrected chi connectivity index (χ0v) is 27.5. The fourth-order valence-electron chi connectivity index (χ4n) is 5.05. The highest BCUT2D eigenvalue weighted by Crippen LogP contribution is 2.14. The van der Waals surface area contributed by atoms with Crippen molar-refractivity contribution in [2.45, 2.75) is 180 Å². The minimum absolute atomic E-state index is 0.289. The van der Waals surface area contributed by atoms with E-state index < -0.39 is 28.0 Å². The van der Waals surface area contributed by atoms with E-state index in [0.717, 1.165) is 38.5 Å². The van der Waals surface area contributed by atoms with Crippen LogP contribution < -0.4 is 5.32 Å². The topological polar surface area (TPSA) is 104 Å². The predicted molar refractivity (Wildman–Crippen MR) is 175 cm³/mol. The molecular weight excluding hydrogens is 534 g/mol. The summed E-state index contributed by atoms with van der Waals surface area (Å²) in [5.74, 6) is -0.996. The third-order valence-corrected chi connectivity index (χ3v) is 8.41. The molecule has 0 radical (unpaired) electrons. The Balaban J connectivity index is 4.06. The minimum Gasteiger partial charge on any atom is -0.387 e. The molecule has 41 heavy (non-hydrogen) atoms. The molecule has 0 aromatic carbocycles. The summed E-state index contributed by atoms with van der Waals surface area (Å²) in [6, 6.07) is -1.07. The van der Waals surface area contributed by atoms with E-state index in [-0.39, 0.29) is 5.91 Å². The van der Waals surface area contributed by atoms with Crippen molar-refractivity contribution >= 4 is 16.0 Å². The van der Waals surface area contributed by atoms with Crippen LogP contribution in [0.25, 0.3) is 0 Å². The second-order valence-corrected chi connectivity index (χ2v) is 13.3. The van der Waals surface area contributed by atoms with Gasteiger partial charge in [-0.2, -0.15) is 8.42 Å². The molecule has 0 rings (SSSR count). The minimum atomic E-state index is -4.34. The van der Waals surface area contributed by atoms with Gasteiger partial charge in [0.25, 0.3) is 10.1 Å². The summed E-state index contributed by atoms with van der Waals surface area (Å²) in [6.45, 7) is 4.48. The molecule has 2 atom stereocenters. The number of carbonyl (C=O) groups is 1. The van der Waals surface area contributed by atoms with Gasteiger partial charge in [-0.3, -0.25) is 9.35 Å². The van der Waals surface area contributed by atoms with Crippen LogP contribution in [0, 0.1) is 0 Å². The maximum atomic E-state index is 12.4. The molecule has 0 aromatic heterocycles. The monoisotopic (exact) mass is 599 g/mol. The number of amides is 1. The zero-order chi connectivity index (χ0) is 30.4. The summed E-state index contributed by atoms with van der Waals surface area (Å²) in [6.07, 6.45) is 34.4. The van der Waals surface area contributed by atoms with Gasteiger partial charge in [-0.05, 0) is 32.1 Å². The van der Waals surface area contributed by atoms with E-state index >= 15 is 0 Å². The molecule has 3 N–H and O–H groups in total. The number of carbonyl (C=O) groups excluding carboxylic acids is 1. The Kier molecular flexibility index (Phi) is 28.1. The highest BCUT2D eigenvalue weighted by atomic mass is 32.2. The normalized spacial score (nSPS) is 13.8. The van der Waals surface area contributed by atoms with Gasteiger partial charge < -0.3 is 10.4 Å². The van der Waals surface area contributed by atoms with E-state index in [1.165, 1.54) is 115 Å². The standard InChI is InChI=1S/C34H65NO5S/c1-3-5-7-9-11-13-15-17-18-20-22-24-26-28-30-34(37)35-32(31-41(38,39)40)33(36)29-27-25-23-21-19-16-14-12-10-8-6-4-2/h19,21,27,29,32-33,36H,3-18,20,22-26,28,30-31H2,1-2H3,(H,35,37)(H,38,39,40)/b21-19+,29-27+. The van der Waals surface area contributed by atoms with Crippen molar-refractivity contribution in [1.82, 2.24) is 5.32 Å². The van der Waals surface area contributed by atoms with Crippen LogP contribution in [0.3, 0.4) is 0 Å². The number of aliphatic hydroxyl groups excluding tert-OH is 1. The van der Waals surface area contributed by atoms with Gasteiger partial charge in [0, 0.05) is 6.42 Å². The Bertz CT molecular complexity index is 750. The summed E-state index contributed by atoms with van der Waals surface area (Å²) < 4.78 is 32.2. The first-order chi connectivity index (χ1) is 19.8. The third kappa shape index (κ3) is 30.1. The van der Waals surface area contributed by atoms with Gasteiger partial charge in [-0.15, -0.1) is 0 Å². The maximum Gasteiger partial charge on any atom is 0.267 e. The van der Waals surface area contributed by atoms with Crippen molar-refractivity contribution in [2.75, 3.05) is 5.75 Å². The molecule has 6 nitrogen and oxygen atoms in total. The molecular formula is C34H65NO5S. The summed E-state index contributed by atoms with van der Waals surface area (Å²) in [5.41, 5.74) is 0.